The number of likely N-dealkylation sites (tertiary alicyclic amines) is 1. The summed E-state index contributed by atoms with van der Waals surface area (Å²) in [4.78, 5) is 26.0. The fourth-order valence-corrected chi connectivity index (χ4v) is 2.73. The van der Waals surface area contributed by atoms with Gasteiger partial charge in [0.05, 0.1) is 0 Å². The van der Waals surface area contributed by atoms with Crippen LogP contribution in [0.1, 0.15) is 35.1 Å². The first kappa shape index (κ1) is 16.4. The van der Waals surface area contributed by atoms with Gasteiger partial charge in [0.15, 0.2) is 6.29 Å². The average molecular weight is 307 g/mol. The molecule has 7 nitrogen and oxygen atoms in total. The smallest absolute Gasteiger partial charge is 0.256 e. The molecule has 120 valence electrons. The van der Waals surface area contributed by atoms with Gasteiger partial charge in [-0.3, -0.25) is 15.0 Å². The van der Waals surface area contributed by atoms with E-state index in [-0.39, 0.29) is 11.8 Å². The molecule has 1 unspecified atom stereocenters. The van der Waals surface area contributed by atoms with E-state index in [1.807, 2.05) is 6.07 Å². The van der Waals surface area contributed by atoms with E-state index in [2.05, 4.69) is 5.43 Å². The molecule has 1 aliphatic rings. The van der Waals surface area contributed by atoms with Crippen molar-refractivity contribution in [2.24, 2.45) is 5.84 Å². The molecular formula is C15H21N3O4. The highest BCUT2D eigenvalue weighted by Crippen LogP contribution is 2.23. The lowest BCUT2D eigenvalue weighted by Crippen LogP contribution is -2.48. The number of ether oxygens (including phenoxy) is 2. The maximum atomic E-state index is 12.7. The van der Waals surface area contributed by atoms with Gasteiger partial charge in [-0.2, -0.15) is 0 Å². The van der Waals surface area contributed by atoms with E-state index >= 15 is 0 Å². The van der Waals surface area contributed by atoms with Crippen LogP contribution in [0.4, 0.5) is 0 Å². The summed E-state index contributed by atoms with van der Waals surface area (Å²) in [5.41, 5.74) is 3.36. The van der Waals surface area contributed by atoms with Crippen LogP contribution in [0.3, 0.4) is 0 Å². The van der Waals surface area contributed by atoms with Crippen molar-refractivity contribution in [2.45, 2.75) is 25.2 Å². The number of methoxy groups -OCH3 is 2. The lowest BCUT2D eigenvalue weighted by Gasteiger charge is -2.23. The van der Waals surface area contributed by atoms with Crippen molar-refractivity contribution in [3.63, 3.8) is 0 Å². The van der Waals surface area contributed by atoms with Gasteiger partial charge in [-0.15, -0.1) is 0 Å². The molecule has 7 heteroatoms. The molecule has 0 spiro atoms. The topological polar surface area (TPSA) is 93.9 Å². The van der Waals surface area contributed by atoms with Gasteiger partial charge in [0, 0.05) is 31.9 Å². The van der Waals surface area contributed by atoms with Crippen LogP contribution in [-0.2, 0) is 14.3 Å². The molecule has 1 aliphatic heterocycles. The fourth-order valence-electron chi connectivity index (χ4n) is 2.73. The van der Waals surface area contributed by atoms with Gasteiger partial charge in [-0.25, -0.2) is 5.84 Å². The van der Waals surface area contributed by atoms with E-state index in [0.717, 1.165) is 12.0 Å². The lowest BCUT2D eigenvalue weighted by atomic mass is 10.1. The van der Waals surface area contributed by atoms with Gasteiger partial charge >= 0.3 is 0 Å². The standard InChI is InChI=1S/C15H21N3O4/c1-21-15(22-2)11-6-3-5-10(9-11)14(20)18-8-4-7-12(18)13(19)17-16/h3,5-6,9,12,15H,4,7-8,16H2,1-2H3,(H,17,19). The third-order valence-electron chi connectivity index (χ3n) is 3.79. The zero-order valence-corrected chi connectivity index (χ0v) is 12.7. The van der Waals surface area contributed by atoms with Crippen LogP contribution in [0.15, 0.2) is 24.3 Å². The normalized spacial score (nSPS) is 17.8. The summed E-state index contributed by atoms with van der Waals surface area (Å²) >= 11 is 0. The number of hydrazine groups is 1. The van der Waals surface area contributed by atoms with Crippen LogP contribution in [-0.4, -0.2) is 43.5 Å². The molecule has 1 heterocycles. The number of amides is 2. The molecular weight excluding hydrogens is 286 g/mol. The number of hydrogen-bond donors (Lipinski definition) is 2. The molecule has 0 bridgehead atoms. The van der Waals surface area contributed by atoms with E-state index in [4.69, 9.17) is 15.3 Å². The summed E-state index contributed by atoms with van der Waals surface area (Å²) in [5, 5.41) is 0. The van der Waals surface area contributed by atoms with Crippen molar-refractivity contribution in [1.29, 1.82) is 0 Å². The Morgan fingerprint density at radius 2 is 2.09 bits per heavy atom. The van der Waals surface area contributed by atoms with Crippen molar-refractivity contribution < 1.29 is 19.1 Å². The minimum atomic E-state index is -0.533. The SMILES string of the molecule is COC(OC)c1cccc(C(=O)N2CCCC2C(=O)NN)c1. The number of nitrogens with one attached hydrogen (secondary N) is 1. The zero-order chi connectivity index (χ0) is 16.1. The average Bonchev–Trinajstić information content (AvgIpc) is 3.04. The summed E-state index contributed by atoms with van der Waals surface area (Å²) in [7, 11) is 3.06. The van der Waals surface area contributed by atoms with Gasteiger partial charge < -0.3 is 14.4 Å². The highest BCUT2D eigenvalue weighted by Gasteiger charge is 2.34. The van der Waals surface area contributed by atoms with Gasteiger partial charge in [0.25, 0.3) is 11.8 Å². The van der Waals surface area contributed by atoms with E-state index in [9.17, 15) is 9.59 Å². The Morgan fingerprint density at radius 3 is 2.73 bits per heavy atom. The van der Waals surface area contributed by atoms with Crippen molar-refractivity contribution in [3.8, 4) is 0 Å². The quantitative estimate of drug-likeness (QED) is 0.359. The number of carbonyl (C=O) groups excluding carboxylic acids is 2. The first-order chi connectivity index (χ1) is 10.6. The van der Waals surface area contributed by atoms with Crippen LogP contribution >= 0.6 is 0 Å². The predicted octanol–water partition coefficient (Wildman–Crippen LogP) is 0.573. The van der Waals surface area contributed by atoms with Crippen LogP contribution in [0, 0.1) is 0 Å². The molecule has 0 aliphatic carbocycles. The maximum Gasteiger partial charge on any atom is 0.256 e. The van der Waals surface area contributed by atoms with Gasteiger partial charge in [0.1, 0.15) is 6.04 Å². The largest absolute Gasteiger partial charge is 0.352 e. The molecule has 1 saturated heterocycles. The second kappa shape index (κ2) is 7.35. The number of benzene rings is 1. The second-order valence-corrected chi connectivity index (χ2v) is 5.09. The first-order valence-corrected chi connectivity index (χ1v) is 7.09. The van der Waals surface area contributed by atoms with Crippen LogP contribution in [0.2, 0.25) is 0 Å². The Bertz CT molecular complexity index is 545. The Hall–Kier alpha value is -1.96. The zero-order valence-electron chi connectivity index (χ0n) is 12.7. The Labute approximate surface area is 129 Å². The molecule has 0 radical (unpaired) electrons. The van der Waals surface area contributed by atoms with E-state index in [0.29, 0.717) is 18.5 Å². The van der Waals surface area contributed by atoms with E-state index in [1.54, 1.807) is 23.1 Å². The van der Waals surface area contributed by atoms with Gasteiger partial charge in [-0.05, 0) is 25.0 Å². The maximum absolute atomic E-state index is 12.7. The second-order valence-electron chi connectivity index (χ2n) is 5.09. The Kier molecular flexibility index (Phi) is 5.48. The molecule has 2 rings (SSSR count). The molecule has 0 aromatic heterocycles. The number of rotatable bonds is 5. The predicted molar refractivity (Wildman–Crippen MR) is 79.6 cm³/mol. The van der Waals surface area contributed by atoms with Gasteiger partial charge in [-0.1, -0.05) is 12.1 Å². The Balaban J connectivity index is 2.22. The lowest BCUT2D eigenvalue weighted by molar-refractivity contribution is -0.124. The minimum absolute atomic E-state index is 0.195. The van der Waals surface area contributed by atoms with Crippen molar-refractivity contribution in [2.75, 3.05) is 20.8 Å². The van der Waals surface area contributed by atoms with Crippen molar-refractivity contribution in [1.82, 2.24) is 10.3 Å². The molecule has 2 amide bonds. The number of nitrogens with two attached hydrogens (primary N) is 1. The molecule has 1 aromatic rings. The first-order valence-electron chi connectivity index (χ1n) is 7.09. The van der Waals surface area contributed by atoms with Gasteiger partial charge in [0.2, 0.25) is 0 Å². The summed E-state index contributed by atoms with van der Waals surface area (Å²) < 4.78 is 10.4. The number of carbonyl (C=O) groups is 2. The van der Waals surface area contributed by atoms with Crippen molar-refractivity contribution in [3.05, 3.63) is 35.4 Å². The fraction of sp³-hybridized carbons (Fsp3) is 0.467. The van der Waals surface area contributed by atoms with Crippen LogP contribution in [0.5, 0.6) is 0 Å². The van der Waals surface area contributed by atoms with Crippen LogP contribution < -0.4 is 11.3 Å². The summed E-state index contributed by atoms with van der Waals surface area (Å²) in [6, 6.07) is 6.51. The molecule has 1 aromatic carbocycles. The van der Waals surface area contributed by atoms with Crippen molar-refractivity contribution >= 4 is 11.8 Å². The highest BCUT2D eigenvalue weighted by atomic mass is 16.7. The van der Waals surface area contributed by atoms with Crippen LogP contribution in [0.25, 0.3) is 0 Å². The van der Waals surface area contributed by atoms with E-state index < -0.39 is 12.3 Å². The number of hydrogen-bond acceptors (Lipinski definition) is 5. The summed E-state index contributed by atoms with van der Waals surface area (Å²) in [6.45, 7) is 0.541. The third kappa shape index (κ3) is 3.27. The minimum Gasteiger partial charge on any atom is -0.352 e. The molecule has 1 atom stereocenters. The molecule has 22 heavy (non-hydrogen) atoms. The summed E-state index contributed by atoms with van der Waals surface area (Å²) in [5.74, 6) is 4.65. The highest BCUT2D eigenvalue weighted by molar-refractivity contribution is 5.98. The molecule has 3 N–H and O–H groups in total. The molecule has 0 saturated carbocycles. The molecule has 1 fully saturated rings. The summed E-state index contributed by atoms with van der Waals surface area (Å²) in [6.07, 6.45) is 0.865. The third-order valence-corrected chi connectivity index (χ3v) is 3.79. The monoisotopic (exact) mass is 307 g/mol. The number of nitrogens with zero attached hydrogens (tertiary/aromatic N) is 1. The van der Waals surface area contributed by atoms with E-state index in [1.165, 1.54) is 14.2 Å². The Morgan fingerprint density at radius 1 is 1.36 bits per heavy atom.